The van der Waals surface area contributed by atoms with E-state index in [9.17, 15) is 13.2 Å². The number of hydrogen-bond donors (Lipinski definition) is 1. The van der Waals surface area contributed by atoms with Crippen LogP contribution in [0.4, 0.5) is 5.82 Å². The molecule has 0 saturated heterocycles. The fourth-order valence-electron chi connectivity index (χ4n) is 5.24. The van der Waals surface area contributed by atoms with Gasteiger partial charge in [0, 0.05) is 24.7 Å². The summed E-state index contributed by atoms with van der Waals surface area (Å²) in [7, 11) is -3.73. The molecular weight excluding hydrogens is 555 g/mol. The van der Waals surface area contributed by atoms with Crippen molar-refractivity contribution in [3.63, 3.8) is 0 Å². The molecule has 41 heavy (non-hydrogen) atoms. The molecule has 5 aromatic rings. The molecule has 0 unspecified atom stereocenters. The standard InChI is InChI=1S/C31H31N5O3S2/c1-3-35(20-22-9-5-4-6-10-22)41(38,39)26-15-13-23(14-16-26)30(37)33-29-17-21(2)34-36(29)31-32-27-18-24-11-7-8-12-25(24)19-28(27)40-31/h4-6,9-10,13-19H,3,7-8,11-12,20H2,1-2H3,(H,33,37). The van der Waals surface area contributed by atoms with Crippen LogP contribution in [0.3, 0.4) is 0 Å². The number of carbonyl (C=O) groups is 1. The Hall–Kier alpha value is -3.86. The van der Waals surface area contributed by atoms with Gasteiger partial charge in [-0.2, -0.15) is 14.1 Å². The highest BCUT2D eigenvalue weighted by atomic mass is 32.2. The molecule has 2 aromatic heterocycles. The van der Waals surface area contributed by atoms with Crippen LogP contribution in [-0.4, -0.2) is 39.9 Å². The van der Waals surface area contributed by atoms with Crippen LogP contribution in [0.5, 0.6) is 0 Å². The molecule has 8 nitrogen and oxygen atoms in total. The number of nitrogens with one attached hydrogen (secondary N) is 1. The zero-order valence-corrected chi connectivity index (χ0v) is 24.6. The molecule has 0 spiro atoms. The number of nitrogens with zero attached hydrogens (tertiary/aromatic N) is 4. The SMILES string of the molecule is CCN(Cc1ccccc1)S(=O)(=O)c1ccc(C(=O)Nc2cc(C)nn2-c2nc3cc4c(cc3s2)CCCC4)cc1. The van der Waals surface area contributed by atoms with E-state index in [0.29, 0.717) is 23.1 Å². The highest BCUT2D eigenvalue weighted by Gasteiger charge is 2.24. The maximum absolute atomic E-state index is 13.3. The van der Waals surface area contributed by atoms with Crippen molar-refractivity contribution in [2.75, 3.05) is 11.9 Å². The zero-order chi connectivity index (χ0) is 28.6. The maximum Gasteiger partial charge on any atom is 0.256 e. The third kappa shape index (κ3) is 5.55. The molecule has 0 bridgehead atoms. The summed E-state index contributed by atoms with van der Waals surface area (Å²) in [6.45, 7) is 4.29. The normalized spacial score (nSPS) is 13.4. The summed E-state index contributed by atoms with van der Waals surface area (Å²) in [4.78, 5) is 18.2. The van der Waals surface area contributed by atoms with Gasteiger partial charge in [-0.25, -0.2) is 13.4 Å². The lowest BCUT2D eigenvalue weighted by Crippen LogP contribution is -2.30. The second kappa shape index (κ2) is 11.2. The third-order valence-corrected chi connectivity index (χ3v) is 10.3. The van der Waals surface area contributed by atoms with Crippen LogP contribution in [0.2, 0.25) is 0 Å². The largest absolute Gasteiger partial charge is 0.306 e. The Bertz CT molecular complexity index is 1780. The van der Waals surface area contributed by atoms with Crippen molar-refractivity contribution in [3.8, 4) is 5.13 Å². The van der Waals surface area contributed by atoms with Gasteiger partial charge in [-0.05, 0) is 85.7 Å². The van der Waals surface area contributed by atoms with Gasteiger partial charge in [0.15, 0.2) is 0 Å². The molecule has 2 heterocycles. The monoisotopic (exact) mass is 585 g/mol. The highest BCUT2D eigenvalue weighted by molar-refractivity contribution is 7.89. The summed E-state index contributed by atoms with van der Waals surface area (Å²) < 4.78 is 30.8. The van der Waals surface area contributed by atoms with Crippen molar-refractivity contribution in [2.24, 2.45) is 0 Å². The van der Waals surface area contributed by atoms with Crippen molar-refractivity contribution in [3.05, 3.63) is 101 Å². The van der Waals surface area contributed by atoms with Crippen molar-refractivity contribution >= 4 is 43.3 Å². The zero-order valence-electron chi connectivity index (χ0n) is 23.0. The third-order valence-electron chi connectivity index (χ3n) is 7.40. The van der Waals surface area contributed by atoms with E-state index in [1.165, 1.54) is 52.5 Å². The molecule has 0 fully saturated rings. The molecule has 1 aliphatic carbocycles. The van der Waals surface area contributed by atoms with Gasteiger partial charge in [0.2, 0.25) is 15.2 Å². The average Bonchev–Trinajstić information content (AvgIpc) is 3.57. The minimum Gasteiger partial charge on any atom is -0.306 e. The quantitative estimate of drug-likeness (QED) is 0.236. The fraction of sp³-hybridized carbons (Fsp3) is 0.258. The van der Waals surface area contributed by atoms with Crippen LogP contribution in [0.15, 0.2) is 77.7 Å². The molecule has 3 aromatic carbocycles. The Labute approximate surface area is 243 Å². The second-order valence-corrected chi connectivity index (χ2v) is 13.2. The van der Waals surface area contributed by atoms with E-state index in [2.05, 4.69) is 22.5 Å². The predicted molar refractivity (Wildman–Crippen MR) is 162 cm³/mol. The molecule has 0 saturated carbocycles. The lowest BCUT2D eigenvalue weighted by atomic mass is 9.92. The van der Waals surface area contributed by atoms with E-state index in [4.69, 9.17) is 4.98 Å². The summed E-state index contributed by atoms with van der Waals surface area (Å²) >= 11 is 1.55. The Balaban J connectivity index is 1.21. The number of aryl methyl sites for hydroxylation is 3. The summed E-state index contributed by atoms with van der Waals surface area (Å²) in [6, 6.07) is 21.8. The summed E-state index contributed by atoms with van der Waals surface area (Å²) in [5, 5.41) is 8.22. The topological polar surface area (TPSA) is 97.2 Å². The van der Waals surface area contributed by atoms with Crippen LogP contribution in [0, 0.1) is 6.92 Å². The summed E-state index contributed by atoms with van der Waals surface area (Å²) in [6.07, 6.45) is 4.62. The maximum atomic E-state index is 13.3. The number of aromatic nitrogens is 3. The predicted octanol–water partition coefficient (Wildman–Crippen LogP) is 6.13. The molecule has 210 valence electrons. The van der Waals surface area contributed by atoms with Gasteiger partial charge in [-0.15, -0.1) is 0 Å². The molecular formula is C31H31N5O3S2. The Morgan fingerprint density at radius 1 is 1.00 bits per heavy atom. The highest BCUT2D eigenvalue weighted by Crippen LogP contribution is 2.32. The van der Waals surface area contributed by atoms with E-state index in [1.54, 1.807) is 22.1 Å². The van der Waals surface area contributed by atoms with E-state index < -0.39 is 10.0 Å². The first-order valence-electron chi connectivity index (χ1n) is 13.8. The van der Waals surface area contributed by atoms with E-state index in [-0.39, 0.29) is 17.3 Å². The van der Waals surface area contributed by atoms with Crippen molar-refractivity contribution in [1.29, 1.82) is 0 Å². The lowest BCUT2D eigenvalue weighted by molar-refractivity contribution is 0.102. The fourth-order valence-corrected chi connectivity index (χ4v) is 7.65. The van der Waals surface area contributed by atoms with Crippen LogP contribution in [0.25, 0.3) is 15.3 Å². The first-order valence-corrected chi connectivity index (χ1v) is 16.0. The molecule has 0 atom stereocenters. The average molecular weight is 586 g/mol. The van der Waals surface area contributed by atoms with Crippen LogP contribution >= 0.6 is 11.3 Å². The Kier molecular flexibility index (Phi) is 7.46. The number of thiazole rings is 1. The van der Waals surface area contributed by atoms with Crippen LogP contribution in [0.1, 0.15) is 52.5 Å². The lowest BCUT2D eigenvalue weighted by Gasteiger charge is -2.20. The van der Waals surface area contributed by atoms with E-state index in [1.807, 2.05) is 44.2 Å². The first-order chi connectivity index (χ1) is 19.8. The van der Waals surface area contributed by atoms with Crippen molar-refractivity contribution in [2.45, 2.75) is 51.0 Å². The second-order valence-electron chi connectivity index (χ2n) is 10.3. The van der Waals surface area contributed by atoms with Gasteiger partial charge in [0.1, 0.15) is 5.82 Å². The minimum atomic E-state index is -3.73. The first kappa shape index (κ1) is 27.3. The van der Waals surface area contributed by atoms with Gasteiger partial charge in [-0.3, -0.25) is 4.79 Å². The smallest absolute Gasteiger partial charge is 0.256 e. The summed E-state index contributed by atoms with van der Waals surface area (Å²) in [5.41, 5.74) is 5.72. The number of fused-ring (bicyclic) bond motifs is 2. The molecule has 10 heteroatoms. The van der Waals surface area contributed by atoms with Crippen LogP contribution in [-0.2, 0) is 29.4 Å². The molecule has 6 rings (SSSR count). The van der Waals surface area contributed by atoms with Gasteiger partial charge in [0.25, 0.3) is 5.91 Å². The van der Waals surface area contributed by atoms with Gasteiger partial charge in [0.05, 0.1) is 20.8 Å². The molecule has 1 aliphatic rings. The minimum absolute atomic E-state index is 0.143. The number of rotatable bonds is 8. The molecule has 1 N–H and O–H groups in total. The summed E-state index contributed by atoms with van der Waals surface area (Å²) in [5.74, 6) is 0.149. The Morgan fingerprint density at radius 3 is 2.41 bits per heavy atom. The number of amides is 1. The van der Waals surface area contributed by atoms with E-state index >= 15 is 0 Å². The number of carbonyl (C=O) groups excluding carboxylic acids is 1. The number of anilines is 1. The van der Waals surface area contributed by atoms with Crippen LogP contribution < -0.4 is 5.32 Å². The van der Waals surface area contributed by atoms with Gasteiger partial charge in [-0.1, -0.05) is 48.6 Å². The molecule has 1 amide bonds. The number of hydrogen-bond acceptors (Lipinski definition) is 6. The molecule has 0 aliphatic heterocycles. The Morgan fingerprint density at radius 2 is 1.71 bits per heavy atom. The van der Waals surface area contributed by atoms with Gasteiger partial charge < -0.3 is 5.32 Å². The number of benzene rings is 3. The molecule has 0 radical (unpaired) electrons. The van der Waals surface area contributed by atoms with Crippen molar-refractivity contribution < 1.29 is 13.2 Å². The number of sulfonamides is 1. The van der Waals surface area contributed by atoms with Crippen molar-refractivity contribution in [1.82, 2.24) is 19.1 Å². The van der Waals surface area contributed by atoms with Gasteiger partial charge >= 0.3 is 0 Å². The van der Waals surface area contributed by atoms with E-state index in [0.717, 1.165) is 34.3 Å².